The van der Waals surface area contributed by atoms with Crippen LogP contribution in [0.3, 0.4) is 0 Å². The zero-order chi connectivity index (χ0) is 9.56. The first kappa shape index (κ1) is 10.4. The number of carbonyl (C=O) groups excluding carboxylic acids is 1. The highest BCUT2D eigenvalue weighted by molar-refractivity contribution is 5.81. The number of hydrogen-bond donors (Lipinski definition) is 2. The molecule has 0 unspecified atom stereocenters. The van der Waals surface area contributed by atoms with Crippen LogP contribution in [0, 0.1) is 0 Å². The van der Waals surface area contributed by atoms with Crippen LogP contribution in [-0.4, -0.2) is 28.3 Å². The lowest BCUT2D eigenvalue weighted by atomic mass is 10.2. The molecule has 0 amide bonds. The Hall–Kier alpha value is -1.59. The summed E-state index contributed by atoms with van der Waals surface area (Å²) in [6.07, 6.45) is -1.95. The lowest BCUT2D eigenvalue weighted by Gasteiger charge is -1.95. The molecule has 0 fully saturated rings. The van der Waals surface area contributed by atoms with Crippen molar-refractivity contribution in [2.45, 2.75) is 19.3 Å². The molecule has 0 radical (unpaired) electrons. The number of esters is 1. The summed E-state index contributed by atoms with van der Waals surface area (Å²) in [7, 11) is 0. The fourth-order valence-corrected chi connectivity index (χ4v) is 0.532. The maximum absolute atomic E-state index is 10.4. The second-order valence-corrected chi connectivity index (χ2v) is 1.99. The molecule has 0 spiro atoms. The first-order valence-corrected chi connectivity index (χ1v) is 3.17. The Morgan fingerprint density at radius 2 is 1.67 bits per heavy atom. The van der Waals surface area contributed by atoms with Crippen molar-refractivity contribution in [1.29, 1.82) is 0 Å². The SMILES string of the molecule is O=C(O)CCCC(=O)OC(=O)O. The van der Waals surface area contributed by atoms with E-state index in [1.807, 2.05) is 0 Å². The van der Waals surface area contributed by atoms with Crippen LogP contribution in [0.4, 0.5) is 4.79 Å². The van der Waals surface area contributed by atoms with E-state index >= 15 is 0 Å². The second kappa shape index (κ2) is 5.11. The van der Waals surface area contributed by atoms with Gasteiger partial charge in [-0.25, -0.2) is 4.79 Å². The van der Waals surface area contributed by atoms with Gasteiger partial charge in [0.25, 0.3) is 0 Å². The Morgan fingerprint density at radius 1 is 1.08 bits per heavy atom. The number of carbonyl (C=O) groups is 3. The molecule has 6 nitrogen and oxygen atoms in total. The molecule has 0 aromatic rings. The molecular weight excluding hydrogens is 168 g/mol. The smallest absolute Gasteiger partial charge is 0.481 e. The zero-order valence-corrected chi connectivity index (χ0v) is 6.15. The van der Waals surface area contributed by atoms with E-state index in [-0.39, 0.29) is 19.3 Å². The molecule has 0 saturated carbocycles. The molecule has 0 aromatic heterocycles. The summed E-state index contributed by atoms with van der Waals surface area (Å²) in [5.41, 5.74) is 0. The summed E-state index contributed by atoms with van der Waals surface area (Å²) < 4.78 is 3.72. The van der Waals surface area contributed by atoms with E-state index in [9.17, 15) is 14.4 Å². The fraction of sp³-hybridized carbons (Fsp3) is 0.500. The number of aliphatic carboxylic acids is 1. The zero-order valence-electron chi connectivity index (χ0n) is 6.15. The number of carboxylic acid groups (broad SMARTS) is 2. The van der Waals surface area contributed by atoms with Gasteiger partial charge in [0.2, 0.25) is 0 Å². The monoisotopic (exact) mass is 176 g/mol. The molecule has 0 rings (SSSR count). The molecule has 0 heterocycles. The summed E-state index contributed by atoms with van der Waals surface area (Å²) >= 11 is 0. The first-order valence-electron chi connectivity index (χ1n) is 3.17. The predicted molar refractivity (Wildman–Crippen MR) is 35.6 cm³/mol. The third-order valence-corrected chi connectivity index (χ3v) is 0.973. The maximum Gasteiger partial charge on any atom is 0.513 e. The normalized spacial score (nSPS) is 9.00. The van der Waals surface area contributed by atoms with Gasteiger partial charge in [-0.3, -0.25) is 9.59 Å². The number of hydrogen-bond acceptors (Lipinski definition) is 4. The average Bonchev–Trinajstić information content (AvgIpc) is 1.84. The standard InChI is InChI=1S/C6H8O6/c7-4(8)2-1-3-5(9)12-6(10)11/h1-3H2,(H,7,8)(H,10,11). The molecule has 68 valence electrons. The molecule has 0 bridgehead atoms. The Kier molecular flexibility index (Phi) is 4.43. The van der Waals surface area contributed by atoms with Crippen LogP contribution in [0.15, 0.2) is 0 Å². The number of ether oxygens (including phenoxy) is 1. The molecule has 2 N–H and O–H groups in total. The van der Waals surface area contributed by atoms with Crippen LogP contribution in [-0.2, 0) is 14.3 Å². The number of rotatable bonds is 4. The first-order chi connectivity index (χ1) is 5.52. The minimum absolute atomic E-state index is 0.0848. The molecule has 0 aliphatic rings. The molecule has 6 heteroatoms. The van der Waals surface area contributed by atoms with Crippen molar-refractivity contribution in [3.63, 3.8) is 0 Å². The van der Waals surface area contributed by atoms with E-state index in [1.165, 1.54) is 0 Å². The van der Waals surface area contributed by atoms with E-state index in [0.29, 0.717) is 0 Å². The Balaban J connectivity index is 3.44. The minimum Gasteiger partial charge on any atom is -0.481 e. The minimum atomic E-state index is -1.67. The van der Waals surface area contributed by atoms with Gasteiger partial charge in [0.05, 0.1) is 0 Å². The van der Waals surface area contributed by atoms with Crippen LogP contribution in [0.5, 0.6) is 0 Å². The Morgan fingerprint density at radius 3 is 2.08 bits per heavy atom. The van der Waals surface area contributed by atoms with Crippen LogP contribution in [0.2, 0.25) is 0 Å². The second-order valence-electron chi connectivity index (χ2n) is 1.99. The van der Waals surface area contributed by atoms with Gasteiger partial charge in [-0.1, -0.05) is 0 Å². The van der Waals surface area contributed by atoms with E-state index in [1.54, 1.807) is 0 Å². The Labute approximate surface area is 67.8 Å². The summed E-state index contributed by atoms with van der Waals surface area (Å²) in [6, 6.07) is 0. The van der Waals surface area contributed by atoms with Gasteiger partial charge in [0.1, 0.15) is 0 Å². The van der Waals surface area contributed by atoms with Crippen LogP contribution in [0.25, 0.3) is 0 Å². The maximum atomic E-state index is 10.4. The summed E-state index contributed by atoms with van der Waals surface area (Å²) in [6.45, 7) is 0. The molecule has 0 aliphatic heterocycles. The third kappa shape index (κ3) is 6.53. The molecule has 0 atom stereocenters. The molecule has 0 saturated heterocycles. The quantitative estimate of drug-likeness (QED) is 0.476. The highest BCUT2D eigenvalue weighted by atomic mass is 16.7. The van der Waals surface area contributed by atoms with Crippen molar-refractivity contribution in [3.05, 3.63) is 0 Å². The van der Waals surface area contributed by atoms with Crippen molar-refractivity contribution in [3.8, 4) is 0 Å². The van der Waals surface area contributed by atoms with Gasteiger partial charge < -0.3 is 14.9 Å². The largest absolute Gasteiger partial charge is 0.513 e. The summed E-state index contributed by atoms with van der Waals surface area (Å²) in [5.74, 6) is -1.96. The lowest BCUT2D eigenvalue weighted by molar-refractivity contribution is -0.139. The summed E-state index contributed by atoms with van der Waals surface area (Å²) in [4.78, 5) is 30.1. The van der Waals surface area contributed by atoms with E-state index in [0.717, 1.165) is 0 Å². The van der Waals surface area contributed by atoms with Crippen molar-refractivity contribution in [2.75, 3.05) is 0 Å². The van der Waals surface area contributed by atoms with Crippen molar-refractivity contribution >= 4 is 18.1 Å². The van der Waals surface area contributed by atoms with Gasteiger partial charge in [0.15, 0.2) is 0 Å². The van der Waals surface area contributed by atoms with Gasteiger partial charge in [-0.2, -0.15) is 0 Å². The van der Waals surface area contributed by atoms with Crippen molar-refractivity contribution < 1.29 is 29.3 Å². The third-order valence-electron chi connectivity index (χ3n) is 0.973. The van der Waals surface area contributed by atoms with E-state index in [2.05, 4.69) is 4.74 Å². The Bertz CT molecular complexity index is 196. The molecule has 0 aromatic carbocycles. The highest BCUT2D eigenvalue weighted by Gasteiger charge is 2.08. The lowest BCUT2D eigenvalue weighted by Crippen LogP contribution is -2.10. The average molecular weight is 176 g/mol. The van der Waals surface area contributed by atoms with Crippen LogP contribution >= 0.6 is 0 Å². The molecule has 12 heavy (non-hydrogen) atoms. The van der Waals surface area contributed by atoms with Gasteiger partial charge in [-0.05, 0) is 6.42 Å². The topological polar surface area (TPSA) is 101 Å². The van der Waals surface area contributed by atoms with Gasteiger partial charge in [-0.15, -0.1) is 0 Å². The fourth-order valence-electron chi connectivity index (χ4n) is 0.532. The number of carboxylic acids is 1. The highest BCUT2D eigenvalue weighted by Crippen LogP contribution is 1.97. The summed E-state index contributed by atoms with van der Waals surface area (Å²) in [5, 5.41) is 16.1. The van der Waals surface area contributed by atoms with E-state index in [4.69, 9.17) is 10.2 Å². The molecule has 0 aliphatic carbocycles. The van der Waals surface area contributed by atoms with Crippen LogP contribution < -0.4 is 0 Å². The van der Waals surface area contributed by atoms with E-state index < -0.39 is 18.1 Å². The molecular formula is C6H8O6. The van der Waals surface area contributed by atoms with Gasteiger partial charge in [0, 0.05) is 12.8 Å². The van der Waals surface area contributed by atoms with Crippen molar-refractivity contribution in [1.82, 2.24) is 0 Å². The predicted octanol–water partition coefficient (Wildman–Crippen LogP) is 0.463. The van der Waals surface area contributed by atoms with Gasteiger partial charge >= 0.3 is 18.1 Å². The van der Waals surface area contributed by atoms with Crippen LogP contribution in [0.1, 0.15) is 19.3 Å². The van der Waals surface area contributed by atoms with Crippen molar-refractivity contribution in [2.24, 2.45) is 0 Å².